The third-order valence-corrected chi connectivity index (χ3v) is 5.63. The highest BCUT2D eigenvalue weighted by atomic mass is 32.2. The number of sulfonamides is 1. The molecule has 2 rings (SSSR count). The summed E-state index contributed by atoms with van der Waals surface area (Å²) >= 11 is 0. The van der Waals surface area contributed by atoms with Gasteiger partial charge in [0.1, 0.15) is 0 Å². The smallest absolute Gasteiger partial charge is 0.240 e. The van der Waals surface area contributed by atoms with Gasteiger partial charge >= 0.3 is 0 Å². The zero-order chi connectivity index (χ0) is 17.8. The standard InChI is InChI=1S/C16H25N3O4S/c1-12(2)19-24(21,22)14-6-4-13(5-7-14)18-15(20)16(11-23-3)8-9-17-10-16/h4-7,12,17,19H,8-11H2,1-3H3,(H,18,20). The highest BCUT2D eigenvalue weighted by Gasteiger charge is 2.41. The number of rotatable bonds is 7. The quantitative estimate of drug-likeness (QED) is 0.676. The highest BCUT2D eigenvalue weighted by Crippen LogP contribution is 2.28. The molecule has 1 saturated heterocycles. The van der Waals surface area contributed by atoms with Gasteiger partial charge in [0.25, 0.3) is 0 Å². The van der Waals surface area contributed by atoms with E-state index in [1.165, 1.54) is 12.1 Å². The Kier molecular flexibility index (Phi) is 5.97. The molecule has 134 valence electrons. The van der Waals surface area contributed by atoms with Crippen molar-refractivity contribution in [1.82, 2.24) is 10.0 Å². The number of hydrogen-bond donors (Lipinski definition) is 3. The third-order valence-electron chi connectivity index (χ3n) is 3.96. The lowest BCUT2D eigenvalue weighted by Crippen LogP contribution is -2.41. The van der Waals surface area contributed by atoms with Crippen molar-refractivity contribution in [2.45, 2.75) is 31.2 Å². The first-order valence-electron chi connectivity index (χ1n) is 7.93. The van der Waals surface area contributed by atoms with Gasteiger partial charge in [-0.05, 0) is 51.1 Å². The topological polar surface area (TPSA) is 96.5 Å². The summed E-state index contributed by atoms with van der Waals surface area (Å²) in [6, 6.07) is 5.97. The summed E-state index contributed by atoms with van der Waals surface area (Å²) in [5, 5.41) is 6.04. The van der Waals surface area contributed by atoms with Gasteiger partial charge in [-0.2, -0.15) is 0 Å². The van der Waals surface area contributed by atoms with Gasteiger partial charge in [-0.25, -0.2) is 13.1 Å². The van der Waals surface area contributed by atoms with Crippen LogP contribution in [0.5, 0.6) is 0 Å². The summed E-state index contributed by atoms with van der Waals surface area (Å²) in [4.78, 5) is 12.8. The average Bonchev–Trinajstić information content (AvgIpc) is 2.97. The van der Waals surface area contributed by atoms with Crippen LogP contribution in [0.2, 0.25) is 0 Å². The van der Waals surface area contributed by atoms with Crippen LogP contribution in [0.25, 0.3) is 0 Å². The molecule has 1 atom stereocenters. The zero-order valence-electron chi connectivity index (χ0n) is 14.3. The first-order chi connectivity index (χ1) is 11.3. The Labute approximate surface area is 143 Å². The first-order valence-corrected chi connectivity index (χ1v) is 9.41. The molecular weight excluding hydrogens is 330 g/mol. The molecule has 8 heteroatoms. The van der Waals surface area contributed by atoms with Crippen molar-refractivity contribution in [3.05, 3.63) is 24.3 Å². The van der Waals surface area contributed by atoms with E-state index in [1.54, 1.807) is 33.1 Å². The SMILES string of the molecule is COCC1(C(=O)Nc2ccc(S(=O)(=O)NC(C)C)cc2)CCNC1. The Hall–Kier alpha value is -1.48. The molecule has 24 heavy (non-hydrogen) atoms. The molecule has 0 saturated carbocycles. The van der Waals surface area contributed by atoms with Crippen molar-refractivity contribution in [1.29, 1.82) is 0 Å². The first kappa shape index (κ1) is 18.9. The molecule has 1 fully saturated rings. The number of carbonyl (C=O) groups is 1. The van der Waals surface area contributed by atoms with Gasteiger partial charge in [-0.15, -0.1) is 0 Å². The molecule has 7 nitrogen and oxygen atoms in total. The second kappa shape index (κ2) is 7.60. The Morgan fingerprint density at radius 3 is 2.50 bits per heavy atom. The van der Waals surface area contributed by atoms with E-state index >= 15 is 0 Å². The number of methoxy groups -OCH3 is 1. The fourth-order valence-corrected chi connectivity index (χ4v) is 4.01. The average molecular weight is 355 g/mol. The Balaban J connectivity index is 2.10. The van der Waals surface area contributed by atoms with Crippen LogP contribution in [0.15, 0.2) is 29.2 Å². The minimum atomic E-state index is -3.53. The molecule has 1 heterocycles. The largest absolute Gasteiger partial charge is 0.384 e. The van der Waals surface area contributed by atoms with E-state index in [9.17, 15) is 13.2 Å². The number of nitrogens with one attached hydrogen (secondary N) is 3. The van der Waals surface area contributed by atoms with Crippen LogP contribution in [0.4, 0.5) is 5.69 Å². The van der Waals surface area contributed by atoms with E-state index in [-0.39, 0.29) is 16.8 Å². The van der Waals surface area contributed by atoms with Crippen LogP contribution in [-0.2, 0) is 19.6 Å². The third kappa shape index (κ3) is 4.32. The van der Waals surface area contributed by atoms with Gasteiger partial charge < -0.3 is 15.4 Å². The molecule has 0 spiro atoms. The van der Waals surface area contributed by atoms with Crippen LogP contribution >= 0.6 is 0 Å². The van der Waals surface area contributed by atoms with E-state index < -0.39 is 15.4 Å². The van der Waals surface area contributed by atoms with Crippen LogP contribution in [-0.4, -0.2) is 47.2 Å². The molecule has 0 radical (unpaired) electrons. The number of carbonyl (C=O) groups excluding carboxylic acids is 1. The molecule has 1 aliphatic heterocycles. The fraction of sp³-hybridized carbons (Fsp3) is 0.562. The summed E-state index contributed by atoms with van der Waals surface area (Å²) in [6.07, 6.45) is 0.706. The summed E-state index contributed by atoms with van der Waals surface area (Å²) in [5.41, 5.74) is -0.0236. The maximum atomic E-state index is 12.6. The minimum Gasteiger partial charge on any atom is -0.384 e. The lowest BCUT2D eigenvalue weighted by Gasteiger charge is -2.26. The monoisotopic (exact) mass is 355 g/mol. The molecule has 0 aromatic heterocycles. The van der Waals surface area contributed by atoms with E-state index in [0.29, 0.717) is 25.3 Å². The molecule has 0 aliphatic carbocycles. The van der Waals surface area contributed by atoms with Gasteiger partial charge in [0.15, 0.2) is 0 Å². The molecular formula is C16H25N3O4S. The van der Waals surface area contributed by atoms with E-state index in [1.807, 2.05) is 0 Å². The maximum Gasteiger partial charge on any atom is 0.240 e. The van der Waals surface area contributed by atoms with Crippen molar-refractivity contribution < 1.29 is 17.9 Å². The molecule has 1 aromatic carbocycles. The van der Waals surface area contributed by atoms with E-state index in [4.69, 9.17) is 4.74 Å². The zero-order valence-corrected chi connectivity index (χ0v) is 15.1. The summed E-state index contributed by atoms with van der Waals surface area (Å²) < 4.78 is 31.9. The second-order valence-electron chi connectivity index (χ2n) is 6.39. The van der Waals surface area contributed by atoms with E-state index in [2.05, 4.69) is 15.4 Å². The summed E-state index contributed by atoms with van der Waals surface area (Å²) in [7, 11) is -1.96. The number of benzene rings is 1. The number of ether oxygens (including phenoxy) is 1. The number of anilines is 1. The Morgan fingerprint density at radius 2 is 2.00 bits per heavy atom. The minimum absolute atomic E-state index is 0.120. The molecule has 1 aromatic rings. The number of hydrogen-bond acceptors (Lipinski definition) is 5. The van der Waals surface area contributed by atoms with Crippen molar-refractivity contribution >= 4 is 21.6 Å². The lowest BCUT2D eigenvalue weighted by atomic mass is 9.87. The van der Waals surface area contributed by atoms with Crippen molar-refractivity contribution in [3.8, 4) is 0 Å². The molecule has 1 aliphatic rings. The van der Waals surface area contributed by atoms with Crippen LogP contribution in [0, 0.1) is 5.41 Å². The Bertz CT molecular complexity index is 665. The van der Waals surface area contributed by atoms with Gasteiger partial charge in [-0.1, -0.05) is 0 Å². The Morgan fingerprint density at radius 1 is 1.33 bits per heavy atom. The molecule has 3 N–H and O–H groups in total. The highest BCUT2D eigenvalue weighted by molar-refractivity contribution is 7.89. The van der Waals surface area contributed by atoms with Crippen LogP contribution in [0.3, 0.4) is 0 Å². The van der Waals surface area contributed by atoms with Gasteiger partial charge in [0.05, 0.1) is 16.9 Å². The van der Waals surface area contributed by atoms with E-state index in [0.717, 1.165) is 6.54 Å². The van der Waals surface area contributed by atoms with Crippen LogP contribution in [0.1, 0.15) is 20.3 Å². The molecule has 1 amide bonds. The normalized spacial score (nSPS) is 21.2. The van der Waals surface area contributed by atoms with Crippen molar-refractivity contribution in [3.63, 3.8) is 0 Å². The molecule has 1 unspecified atom stereocenters. The predicted octanol–water partition coefficient (Wildman–Crippen LogP) is 0.938. The number of amides is 1. The van der Waals surface area contributed by atoms with Gasteiger partial charge in [-0.3, -0.25) is 4.79 Å². The summed E-state index contributed by atoms with van der Waals surface area (Å²) in [6.45, 7) is 5.21. The molecule has 0 bridgehead atoms. The van der Waals surface area contributed by atoms with Crippen LogP contribution < -0.4 is 15.4 Å². The second-order valence-corrected chi connectivity index (χ2v) is 8.11. The predicted molar refractivity (Wildman–Crippen MR) is 92.3 cm³/mol. The van der Waals surface area contributed by atoms with Crippen molar-refractivity contribution in [2.75, 3.05) is 32.1 Å². The van der Waals surface area contributed by atoms with Crippen molar-refractivity contribution in [2.24, 2.45) is 5.41 Å². The summed E-state index contributed by atoms with van der Waals surface area (Å²) in [5.74, 6) is -0.120. The van der Waals surface area contributed by atoms with Gasteiger partial charge in [0.2, 0.25) is 15.9 Å². The van der Waals surface area contributed by atoms with Gasteiger partial charge in [0, 0.05) is 25.4 Å². The maximum absolute atomic E-state index is 12.6. The lowest BCUT2D eigenvalue weighted by molar-refractivity contribution is -0.127. The fourth-order valence-electron chi connectivity index (χ4n) is 2.76.